The van der Waals surface area contributed by atoms with Gasteiger partial charge in [0.1, 0.15) is 5.82 Å². The van der Waals surface area contributed by atoms with E-state index in [0.29, 0.717) is 12.4 Å². The molecule has 5 heteroatoms. The van der Waals surface area contributed by atoms with Crippen LogP contribution in [0, 0.1) is 13.8 Å². The molecule has 134 valence electrons. The predicted molar refractivity (Wildman–Crippen MR) is 107 cm³/mol. The van der Waals surface area contributed by atoms with Gasteiger partial charge in [-0.25, -0.2) is 4.98 Å². The van der Waals surface area contributed by atoms with Crippen molar-refractivity contribution >= 4 is 17.5 Å². The van der Waals surface area contributed by atoms with Crippen LogP contribution in [0.4, 0.5) is 17.5 Å². The number of nitrogens with two attached hydrogens (primary N) is 1. The number of nitrogens with zero attached hydrogens (tertiary/aromatic N) is 3. The van der Waals surface area contributed by atoms with Gasteiger partial charge in [-0.05, 0) is 38.6 Å². The molecule has 1 aromatic heterocycles. The minimum Gasteiger partial charge on any atom is -0.368 e. The van der Waals surface area contributed by atoms with Crippen LogP contribution >= 0.6 is 0 Å². The highest BCUT2D eigenvalue weighted by molar-refractivity contribution is 5.57. The first kappa shape index (κ1) is 17.9. The average molecular weight is 347 g/mol. The first-order chi connectivity index (χ1) is 12.5. The third-order valence-electron chi connectivity index (χ3n) is 4.09. The SMILES string of the molecule is Cc1ccc(Nc2cc(CN(C)Cc3cccc(C)c3)nc(N)n2)cc1. The monoisotopic (exact) mass is 347 g/mol. The number of aryl methyl sites for hydroxylation is 2. The van der Waals surface area contributed by atoms with Crippen LogP contribution in [0.2, 0.25) is 0 Å². The van der Waals surface area contributed by atoms with Gasteiger partial charge in [0.05, 0.1) is 5.69 Å². The summed E-state index contributed by atoms with van der Waals surface area (Å²) in [5.41, 5.74) is 11.5. The Bertz CT molecular complexity index is 874. The maximum Gasteiger partial charge on any atom is 0.222 e. The summed E-state index contributed by atoms with van der Waals surface area (Å²) in [4.78, 5) is 10.9. The molecule has 3 aromatic rings. The molecular formula is C21H25N5. The van der Waals surface area contributed by atoms with E-state index in [1.807, 2.05) is 18.2 Å². The van der Waals surface area contributed by atoms with E-state index >= 15 is 0 Å². The molecule has 0 fully saturated rings. The largest absolute Gasteiger partial charge is 0.368 e. The molecule has 0 aliphatic carbocycles. The Kier molecular flexibility index (Phi) is 5.49. The molecule has 0 aliphatic rings. The molecule has 0 radical (unpaired) electrons. The first-order valence-electron chi connectivity index (χ1n) is 8.69. The summed E-state index contributed by atoms with van der Waals surface area (Å²) in [6.07, 6.45) is 0. The topological polar surface area (TPSA) is 67.1 Å². The zero-order chi connectivity index (χ0) is 18.5. The van der Waals surface area contributed by atoms with Gasteiger partial charge in [0.15, 0.2) is 0 Å². The van der Waals surface area contributed by atoms with E-state index in [1.165, 1.54) is 16.7 Å². The van der Waals surface area contributed by atoms with E-state index in [4.69, 9.17) is 5.73 Å². The normalized spacial score (nSPS) is 10.9. The van der Waals surface area contributed by atoms with Gasteiger partial charge < -0.3 is 11.1 Å². The predicted octanol–water partition coefficient (Wildman–Crippen LogP) is 4.05. The van der Waals surface area contributed by atoms with Crippen LogP contribution in [0.3, 0.4) is 0 Å². The number of aromatic nitrogens is 2. The molecule has 3 rings (SSSR count). The molecule has 0 atom stereocenters. The number of benzene rings is 2. The van der Waals surface area contributed by atoms with Crippen molar-refractivity contribution in [2.24, 2.45) is 0 Å². The van der Waals surface area contributed by atoms with Gasteiger partial charge in [0.2, 0.25) is 5.95 Å². The van der Waals surface area contributed by atoms with Crippen LogP contribution in [-0.2, 0) is 13.1 Å². The van der Waals surface area contributed by atoms with Crippen LogP contribution < -0.4 is 11.1 Å². The second-order valence-electron chi connectivity index (χ2n) is 6.76. The number of nitrogens with one attached hydrogen (secondary N) is 1. The second kappa shape index (κ2) is 7.97. The van der Waals surface area contributed by atoms with Crippen LogP contribution in [0.1, 0.15) is 22.4 Å². The molecule has 3 N–H and O–H groups in total. The van der Waals surface area contributed by atoms with E-state index in [1.54, 1.807) is 0 Å². The van der Waals surface area contributed by atoms with Crippen molar-refractivity contribution < 1.29 is 0 Å². The Balaban J connectivity index is 1.69. The number of anilines is 3. The van der Waals surface area contributed by atoms with Gasteiger partial charge in [-0.2, -0.15) is 4.98 Å². The Labute approximate surface area is 154 Å². The fourth-order valence-corrected chi connectivity index (χ4v) is 2.90. The maximum atomic E-state index is 5.90. The van der Waals surface area contributed by atoms with Crippen molar-refractivity contribution in [2.75, 3.05) is 18.1 Å². The Morgan fingerprint density at radius 3 is 2.42 bits per heavy atom. The van der Waals surface area contributed by atoms with Crippen LogP contribution in [0.15, 0.2) is 54.6 Å². The lowest BCUT2D eigenvalue weighted by atomic mass is 10.1. The van der Waals surface area contributed by atoms with Gasteiger partial charge in [-0.3, -0.25) is 4.90 Å². The molecule has 1 heterocycles. The van der Waals surface area contributed by atoms with Gasteiger partial charge in [-0.15, -0.1) is 0 Å². The van der Waals surface area contributed by atoms with Crippen molar-refractivity contribution in [3.63, 3.8) is 0 Å². The molecule has 26 heavy (non-hydrogen) atoms. The molecule has 0 unspecified atom stereocenters. The van der Waals surface area contributed by atoms with Crippen molar-refractivity contribution in [3.8, 4) is 0 Å². The highest BCUT2D eigenvalue weighted by Crippen LogP contribution is 2.18. The summed E-state index contributed by atoms with van der Waals surface area (Å²) in [6, 6.07) is 18.7. The van der Waals surface area contributed by atoms with Crippen molar-refractivity contribution in [1.29, 1.82) is 0 Å². The van der Waals surface area contributed by atoms with E-state index in [2.05, 4.69) is 77.5 Å². The summed E-state index contributed by atoms with van der Waals surface area (Å²) in [6.45, 7) is 5.72. The molecule has 0 spiro atoms. The minimum atomic E-state index is 0.279. The lowest BCUT2D eigenvalue weighted by Gasteiger charge is -2.17. The summed E-state index contributed by atoms with van der Waals surface area (Å²) < 4.78 is 0. The minimum absolute atomic E-state index is 0.279. The number of nitrogen functional groups attached to an aromatic ring is 1. The zero-order valence-electron chi connectivity index (χ0n) is 15.5. The Hall–Kier alpha value is -2.92. The van der Waals surface area contributed by atoms with Gasteiger partial charge in [0, 0.05) is 24.8 Å². The molecular weight excluding hydrogens is 322 g/mol. The highest BCUT2D eigenvalue weighted by atomic mass is 15.1. The zero-order valence-corrected chi connectivity index (χ0v) is 15.5. The van der Waals surface area contributed by atoms with Crippen LogP contribution in [0.25, 0.3) is 0 Å². The standard InChI is InChI=1S/C21H25N5/c1-15-7-9-18(10-8-15)23-20-12-19(24-21(22)25-20)14-26(3)13-17-6-4-5-16(2)11-17/h4-12H,13-14H2,1-3H3,(H3,22,23,24,25). The lowest BCUT2D eigenvalue weighted by molar-refractivity contribution is 0.315. The molecule has 5 nitrogen and oxygen atoms in total. The molecule has 0 aliphatic heterocycles. The first-order valence-corrected chi connectivity index (χ1v) is 8.69. The van der Waals surface area contributed by atoms with Gasteiger partial charge in [0.25, 0.3) is 0 Å². The third kappa shape index (κ3) is 5.04. The second-order valence-corrected chi connectivity index (χ2v) is 6.76. The summed E-state index contributed by atoms with van der Waals surface area (Å²) in [5.74, 6) is 0.987. The molecule has 0 bridgehead atoms. The molecule has 0 saturated heterocycles. The van der Waals surface area contributed by atoms with Crippen molar-refractivity contribution in [3.05, 3.63) is 77.0 Å². The van der Waals surface area contributed by atoms with Crippen molar-refractivity contribution in [1.82, 2.24) is 14.9 Å². The van der Waals surface area contributed by atoms with Crippen molar-refractivity contribution in [2.45, 2.75) is 26.9 Å². The molecule has 0 amide bonds. The Morgan fingerprint density at radius 1 is 0.923 bits per heavy atom. The maximum absolute atomic E-state index is 5.90. The molecule has 0 saturated carbocycles. The fourth-order valence-electron chi connectivity index (χ4n) is 2.90. The van der Waals surface area contributed by atoms with Gasteiger partial charge in [-0.1, -0.05) is 47.5 Å². The highest BCUT2D eigenvalue weighted by Gasteiger charge is 2.07. The average Bonchev–Trinajstić information content (AvgIpc) is 2.56. The van der Waals surface area contributed by atoms with Crippen LogP contribution in [0.5, 0.6) is 0 Å². The van der Waals surface area contributed by atoms with E-state index in [9.17, 15) is 0 Å². The van der Waals surface area contributed by atoms with E-state index in [-0.39, 0.29) is 5.95 Å². The summed E-state index contributed by atoms with van der Waals surface area (Å²) in [7, 11) is 2.08. The number of rotatable bonds is 6. The lowest BCUT2D eigenvalue weighted by Crippen LogP contribution is -2.18. The number of hydrogen-bond donors (Lipinski definition) is 2. The van der Waals surface area contributed by atoms with Crippen LogP contribution in [-0.4, -0.2) is 21.9 Å². The third-order valence-corrected chi connectivity index (χ3v) is 4.09. The summed E-state index contributed by atoms with van der Waals surface area (Å²) >= 11 is 0. The fraction of sp³-hybridized carbons (Fsp3) is 0.238. The van der Waals surface area contributed by atoms with E-state index in [0.717, 1.165) is 17.9 Å². The molecule has 2 aromatic carbocycles. The number of hydrogen-bond acceptors (Lipinski definition) is 5. The van der Waals surface area contributed by atoms with E-state index < -0.39 is 0 Å². The smallest absolute Gasteiger partial charge is 0.222 e. The Morgan fingerprint density at radius 2 is 1.69 bits per heavy atom. The summed E-state index contributed by atoms with van der Waals surface area (Å²) in [5, 5.41) is 3.29. The quantitative estimate of drug-likeness (QED) is 0.704. The van der Waals surface area contributed by atoms with Gasteiger partial charge >= 0.3 is 0 Å².